The first kappa shape index (κ1) is 16.9. The number of unbranched alkanes of at least 4 members (excludes halogenated alkanes) is 5. The van der Waals surface area contributed by atoms with E-state index in [2.05, 4.69) is 45.2 Å². The van der Waals surface area contributed by atoms with E-state index in [1.54, 1.807) is 5.57 Å². The molecule has 0 saturated heterocycles. The van der Waals surface area contributed by atoms with Gasteiger partial charge in [0, 0.05) is 5.25 Å². The second-order valence-electron chi connectivity index (χ2n) is 6.09. The summed E-state index contributed by atoms with van der Waals surface area (Å²) >= 11 is 2.18. The van der Waals surface area contributed by atoms with E-state index >= 15 is 0 Å². The summed E-state index contributed by atoms with van der Waals surface area (Å²) in [4.78, 5) is 0. The SMILES string of the molecule is C=C(C)C1CC=C(C)C(SCCCCCCCC)C1. The molecule has 0 spiro atoms. The Kier molecular flexibility index (Phi) is 8.61. The molecule has 0 amide bonds. The van der Waals surface area contributed by atoms with Gasteiger partial charge in [-0.25, -0.2) is 0 Å². The Bertz CT molecular complexity index is 290. The molecule has 2 unspecified atom stereocenters. The van der Waals surface area contributed by atoms with Gasteiger partial charge in [-0.05, 0) is 44.8 Å². The fourth-order valence-electron chi connectivity index (χ4n) is 2.71. The van der Waals surface area contributed by atoms with Gasteiger partial charge in [0.1, 0.15) is 0 Å². The maximum Gasteiger partial charge on any atom is 0.0259 e. The van der Waals surface area contributed by atoms with Gasteiger partial charge in [0.25, 0.3) is 0 Å². The van der Waals surface area contributed by atoms with Gasteiger partial charge in [-0.1, -0.05) is 62.8 Å². The van der Waals surface area contributed by atoms with E-state index in [0.29, 0.717) is 0 Å². The molecule has 1 aliphatic carbocycles. The quantitative estimate of drug-likeness (QED) is 0.349. The number of hydrogen-bond acceptors (Lipinski definition) is 1. The molecule has 1 heteroatoms. The molecular weight excluding hydrogens is 248 g/mol. The van der Waals surface area contributed by atoms with Crippen LogP contribution in [0.4, 0.5) is 0 Å². The third-order valence-electron chi connectivity index (χ3n) is 4.24. The van der Waals surface area contributed by atoms with E-state index in [1.807, 2.05) is 0 Å². The molecule has 0 fully saturated rings. The average Bonchev–Trinajstić information content (AvgIpc) is 2.39. The first-order valence-corrected chi connectivity index (χ1v) is 9.13. The molecule has 0 saturated carbocycles. The van der Waals surface area contributed by atoms with Crippen molar-refractivity contribution in [1.29, 1.82) is 0 Å². The van der Waals surface area contributed by atoms with Crippen LogP contribution in [0.25, 0.3) is 0 Å². The van der Waals surface area contributed by atoms with Crippen molar-refractivity contribution in [2.45, 2.75) is 77.4 Å². The largest absolute Gasteiger partial charge is 0.154 e. The maximum absolute atomic E-state index is 4.14. The summed E-state index contributed by atoms with van der Waals surface area (Å²) in [5, 5.41) is 0.756. The Morgan fingerprint density at radius 3 is 2.63 bits per heavy atom. The summed E-state index contributed by atoms with van der Waals surface area (Å²) in [5.41, 5.74) is 2.97. The van der Waals surface area contributed by atoms with Crippen molar-refractivity contribution in [3.63, 3.8) is 0 Å². The second kappa shape index (κ2) is 9.69. The maximum atomic E-state index is 4.14. The van der Waals surface area contributed by atoms with E-state index in [-0.39, 0.29) is 0 Å². The van der Waals surface area contributed by atoms with Crippen LogP contribution in [0.1, 0.15) is 72.1 Å². The molecule has 0 radical (unpaired) electrons. The fourth-order valence-corrected chi connectivity index (χ4v) is 4.09. The van der Waals surface area contributed by atoms with Crippen molar-refractivity contribution in [3.8, 4) is 0 Å². The summed E-state index contributed by atoms with van der Waals surface area (Å²) in [5.74, 6) is 2.07. The van der Waals surface area contributed by atoms with Crippen LogP contribution >= 0.6 is 11.8 Å². The zero-order valence-electron chi connectivity index (χ0n) is 13.2. The van der Waals surface area contributed by atoms with Crippen LogP contribution in [0.5, 0.6) is 0 Å². The average molecular weight is 281 g/mol. The Morgan fingerprint density at radius 2 is 1.95 bits per heavy atom. The first-order valence-electron chi connectivity index (χ1n) is 8.08. The van der Waals surface area contributed by atoms with Crippen molar-refractivity contribution in [1.82, 2.24) is 0 Å². The zero-order valence-corrected chi connectivity index (χ0v) is 14.0. The third-order valence-corrected chi connectivity index (χ3v) is 5.74. The number of hydrogen-bond donors (Lipinski definition) is 0. The summed E-state index contributed by atoms with van der Waals surface area (Å²) < 4.78 is 0. The molecule has 1 aliphatic rings. The smallest absolute Gasteiger partial charge is 0.0259 e. The van der Waals surface area contributed by atoms with E-state index in [0.717, 1.165) is 11.2 Å². The monoisotopic (exact) mass is 280 g/mol. The predicted molar refractivity (Wildman–Crippen MR) is 90.9 cm³/mol. The highest BCUT2D eigenvalue weighted by Gasteiger charge is 2.22. The minimum absolute atomic E-state index is 0.728. The lowest BCUT2D eigenvalue weighted by molar-refractivity contribution is 0.548. The minimum atomic E-state index is 0.728. The number of allylic oxidation sites excluding steroid dienone is 2. The molecule has 0 aliphatic heterocycles. The Labute approximate surface area is 125 Å². The second-order valence-corrected chi connectivity index (χ2v) is 7.40. The van der Waals surface area contributed by atoms with Crippen molar-refractivity contribution in [3.05, 3.63) is 23.8 Å². The molecule has 110 valence electrons. The van der Waals surface area contributed by atoms with Crippen LogP contribution < -0.4 is 0 Å². The molecular formula is C18H32S. The molecule has 1 rings (SSSR count). The van der Waals surface area contributed by atoms with Crippen LogP contribution in [0.2, 0.25) is 0 Å². The normalized spacial score (nSPS) is 23.2. The molecule has 0 N–H and O–H groups in total. The number of thioether (sulfide) groups is 1. The van der Waals surface area contributed by atoms with Crippen molar-refractivity contribution < 1.29 is 0 Å². The van der Waals surface area contributed by atoms with Crippen molar-refractivity contribution in [2.75, 3.05) is 5.75 Å². The predicted octanol–water partition coefficient (Wildman–Crippen LogP) is 6.38. The van der Waals surface area contributed by atoms with Gasteiger partial charge in [-0.2, -0.15) is 11.8 Å². The highest BCUT2D eigenvalue weighted by atomic mass is 32.2. The first-order chi connectivity index (χ1) is 9.15. The van der Waals surface area contributed by atoms with Gasteiger partial charge < -0.3 is 0 Å². The van der Waals surface area contributed by atoms with Gasteiger partial charge in [0.05, 0.1) is 0 Å². The van der Waals surface area contributed by atoms with Crippen LogP contribution in [0.3, 0.4) is 0 Å². The molecule has 0 aromatic heterocycles. The number of rotatable bonds is 9. The summed E-state index contributed by atoms with van der Waals surface area (Å²) in [6.07, 6.45) is 13.4. The summed E-state index contributed by atoms with van der Waals surface area (Å²) in [6, 6.07) is 0. The van der Waals surface area contributed by atoms with Gasteiger partial charge in [0.2, 0.25) is 0 Å². The Morgan fingerprint density at radius 1 is 1.26 bits per heavy atom. The lowest BCUT2D eigenvalue weighted by atomic mass is 9.86. The molecule has 19 heavy (non-hydrogen) atoms. The van der Waals surface area contributed by atoms with Crippen LogP contribution in [0.15, 0.2) is 23.8 Å². The van der Waals surface area contributed by atoms with E-state index in [9.17, 15) is 0 Å². The Hall–Kier alpha value is -0.170. The van der Waals surface area contributed by atoms with Crippen molar-refractivity contribution in [2.24, 2.45) is 5.92 Å². The van der Waals surface area contributed by atoms with E-state index in [1.165, 1.54) is 62.7 Å². The summed E-state index contributed by atoms with van der Waals surface area (Å²) in [7, 11) is 0. The van der Waals surface area contributed by atoms with Crippen LogP contribution in [-0.4, -0.2) is 11.0 Å². The van der Waals surface area contributed by atoms with E-state index < -0.39 is 0 Å². The minimum Gasteiger partial charge on any atom is -0.154 e. The van der Waals surface area contributed by atoms with Gasteiger partial charge in [0.15, 0.2) is 0 Å². The topological polar surface area (TPSA) is 0 Å². The Balaban J connectivity index is 2.16. The van der Waals surface area contributed by atoms with Crippen LogP contribution in [0, 0.1) is 5.92 Å². The highest BCUT2D eigenvalue weighted by molar-refractivity contribution is 8.00. The fraction of sp³-hybridized carbons (Fsp3) is 0.778. The molecule has 0 bridgehead atoms. The lowest BCUT2D eigenvalue weighted by Gasteiger charge is -2.28. The van der Waals surface area contributed by atoms with Gasteiger partial charge in [-0.15, -0.1) is 0 Å². The molecule has 0 nitrogen and oxygen atoms in total. The molecule has 0 aromatic carbocycles. The van der Waals surface area contributed by atoms with Crippen LogP contribution in [-0.2, 0) is 0 Å². The molecule has 0 heterocycles. The van der Waals surface area contributed by atoms with E-state index in [4.69, 9.17) is 0 Å². The summed E-state index contributed by atoms with van der Waals surface area (Å²) in [6.45, 7) is 10.9. The lowest BCUT2D eigenvalue weighted by Crippen LogP contribution is -2.18. The van der Waals surface area contributed by atoms with Gasteiger partial charge >= 0.3 is 0 Å². The highest BCUT2D eigenvalue weighted by Crippen LogP contribution is 2.35. The third kappa shape index (κ3) is 6.70. The van der Waals surface area contributed by atoms with Gasteiger partial charge in [-0.3, -0.25) is 0 Å². The zero-order chi connectivity index (χ0) is 14.1. The standard InChI is InChI=1S/C18H32S/c1-5-6-7-8-9-10-13-19-18-14-17(15(2)3)12-11-16(18)4/h11,17-18H,2,5-10,12-14H2,1,3-4H3. The molecule has 2 atom stereocenters. The molecule has 0 aromatic rings. The van der Waals surface area contributed by atoms with Crippen molar-refractivity contribution >= 4 is 11.8 Å².